The Labute approximate surface area is 174 Å². The van der Waals surface area contributed by atoms with E-state index >= 15 is 0 Å². The Morgan fingerprint density at radius 1 is 1.00 bits per heavy atom. The van der Waals surface area contributed by atoms with Gasteiger partial charge in [-0.15, -0.1) is 0 Å². The fourth-order valence-electron chi connectivity index (χ4n) is 3.25. The second kappa shape index (κ2) is 10.1. The fourth-order valence-corrected chi connectivity index (χ4v) is 3.25. The molecule has 1 N–H and O–H groups in total. The van der Waals surface area contributed by atoms with Crippen LogP contribution in [0.25, 0.3) is 0 Å². The van der Waals surface area contributed by atoms with Crippen LogP contribution in [-0.2, 0) is 9.53 Å². The minimum atomic E-state index is -0.899. The number of para-hydroxylation sites is 1. The molecule has 0 spiro atoms. The summed E-state index contributed by atoms with van der Waals surface area (Å²) in [5, 5.41) is 2.93. The smallest absolute Gasteiger partial charge is 0.338 e. The predicted molar refractivity (Wildman–Crippen MR) is 119 cm³/mol. The quantitative estimate of drug-likeness (QED) is 0.627. The number of nitrogens with one attached hydrogen (secondary N) is 1. The molecule has 0 aliphatic carbocycles. The maximum Gasteiger partial charge on any atom is 0.338 e. The number of ether oxygens (including phenoxy) is 1. The van der Waals surface area contributed by atoms with Crippen LogP contribution in [0.1, 0.15) is 62.0 Å². The Morgan fingerprint density at radius 3 is 2.17 bits per heavy atom. The molecule has 0 radical (unpaired) electrons. The summed E-state index contributed by atoms with van der Waals surface area (Å²) in [6.45, 7) is 13.7. The van der Waals surface area contributed by atoms with E-state index in [1.165, 1.54) is 0 Å². The van der Waals surface area contributed by atoms with Gasteiger partial charge in [0.25, 0.3) is 5.91 Å². The van der Waals surface area contributed by atoms with Gasteiger partial charge >= 0.3 is 5.97 Å². The summed E-state index contributed by atoms with van der Waals surface area (Å²) in [6, 6.07) is 13.2. The average Bonchev–Trinajstić information content (AvgIpc) is 2.70. The van der Waals surface area contributed by atoms with E-state index in [0.717, 1.165) is 35.6 Å². The molecule has 0 bridgehead atoms. The summed E-state index contributed by atoms with van der Waals surface area (Å²) in [5.41, 5.74) is 4.32. The molecule has 29 heavy (non-hydrogen) atoms. The van der Waals surface area contributed by atoms with E-state index in [1.54, 1.807) is 19.1 Å². The number of amides is 1. The van der Waals surface area contributed by atoms with Crippen LogP contribution in [0.5, 0.6) is 0 Å². The highest BCUT2D eigenvalue weighted by Gasteiger charge is 2.21. The first kappa shape index (κ1) is 22.5. The van der Waals surface area contributed by atoms with Crippen LogP contribution >= 0.6 is 0 Å². The van der Waals surface area contributed by atoms with E-state index in [1.807, 2.05) is 37.3 Å². The Balaban J connectivity index is 2.05. The number of carbonyl (C=O) groups is 2. The van der Waals surface area contributed by atoms with Gasteiger partial charge in [0.2, 0.25) is 0 Å². The van der Waals surface area contributed by atoms with Gasteiger partial charge in [-0.05, 0) is 69.0 Å². The van der Waals surface area contributed by atoms with Gasteiger partial charge in [0.1, 0.15) is 0 Å². The Bertz CT molecular complexity index is 840. The highest BCUT2D eigenvalue weighted by Crippen LogP contribution is 2.27. The molecule has 156 valence electrons. The number of anilines is 2. The molecule has 0 saturated heterocycles. The van der Waals surface area contributed by atoms with Crippen LogP contribution in [-0.4, -0.2) is 31.1 Å². The largest absolute Gasteiger partial charge is 0.449 e. The van der Waals surface area contributed by atoms with Crippen molar-refractivity contribution in [3.63, 3.8) is 0 Å². The topological polar surface area (TPSA) is 58.6 Å². The highest BCUT2D eigenvalue weighted by molar-refractivity contribution is 5.98. The van der Waals surface area contributed by atoms with E-state index in [2.05, 4.69) is 37.9 Å². The first-order chi connectivity index (χ1) is 13.8. The average molecular weight is 397 g/mol. The zero-order valence-electron chi connectivity index (χ0n) is 18.3. The molecule has 0 aliphatic rings. The van der Waals surface area contributed by atoms with E-state index < -0.39 is 12.1 Å². The molecular weight excluding hydrogens is 364 g/mol. The zero-order valence-corrected chi connectivity index (χ0v) is 18.3. The Morgan fingerprint density at radius 2 is 1.62 bits per heavy atom. The van der Waals surface area contributed by atoms with E-state index in [4.69, 9.17) is 4.74 Å². The number of esters is 1. The molecule has 0 fully saturated rings. The molecule has 2 aromatic carbocycles. The lowest BCUT2D eigenvalue weighted by atomic mass is 9.98. The maximum absolute atomic E-state index is 12.6. The third-order valence-corrected chi connectivity index (χ3v) is 5.06. The molecular formula is C24H32N2O3. The van der Waals surface area contributed by atoms with Crippen molar-refractivity contribution >= 4 is 23.3 Å². The first-order valence-corrected chi connectivity index (χ1v) is 10.2. The fraction of sp³-hybridized carbons (Fsp3) is 0.417. The molecule has 0 unspecified atom stereocenters. The second-order valence-corrected chi connectivity index (χ2v) is 7.45. The highest BCUT2D eigenvalue weighted by atomic mass is 16.5. The van der Waals surface area contributed by atoms with Gasteiger partial charge in [0.15, 0.2) is 6.10 Å². The van der Waals surface area contributed by atoms with Gasteiger partial charge in [0, 0.05) is 24.5 Å². The summed E-state index contributed by atoms with van der Waals surface area (Å²) >= 11 is 0. The van der Waals surface area contributed by atoms with Crippen molar-refractivity contribution in [1.29, 1.82) is 0 Å². The lowest BCUT2D eigenvalue weighted by molar-refractivity contribution is -0.123. The Kier molecular flexibility index (Phi) is 7.82. The molecule has 5 nitrogen and oxygen atoms in total. The SMILES string of the molecule is CCN(CC)c1ccc(C(=O)O[C@H](C)C(=O)Nc2c(C)cccc2C(C)C)cc1. The number of hydrogen-bond donors (Lipinski definition) is 1. The van der Waals surface area contributed by atoms with Crippen molar-refractivity contribution in [1.82, 2.24) is 0 Å². The second-order valence-electron chi connectivity index (χ2n) is 7.45. The third kappa shape index (κ3) is 5.59. The lowest BCUT2D eigenvalue weighted by Crippen LogP contribution is -2.30. The first-order valence-electron chi connectivity index (χ1n) is 10.2. The minimum Gasteiger partial charge on any atom is -0.449 e. The molecule has 0 saturated carbocycles. The summed E-state index contributed by atoms with van der Waals surface area (Å²) in [5.74, 6) is -0.575. The summed E-state index contributed by atoms with van der Waals surface area (Å²) in [6.07, 6.45) is -0.899. The van der Waals surface area contributed by atoms with Crippen molar-refractivity contribution in [2.24, 2.45) is 0 Å². The molecule has 0 heterocycles. The van der Waals surface area contributed by atoms with Gasteiger partial charge in [0.05, 0.1) is 5.56 Å². The molecule has 0 aromatic heterocycles. The van der Waals surface area contributed by atoms with E-state index in [0.29, 0.717) is 5.56 Å². The van der Waals surface area contributed by atoms with Crippen LogP contribution in [0, 0.1) is 6.92 Å². The van der Waals surface area contributed by atoms with Crippen LogP contribution in [0.15, 0.2) is 42.5 Å². The normalized spacial score (nSPS) is 11.8. The van der Waals surface area contributed by atoms with Crippen LogP contribution in [0.3, 0.4) is 0 Å². The maximum atomic E-state index is 12.6. The van der Waals surface area contributed by atoms with Crippen molar-refractivity contribution in [3.05, 3.63) is 59.2 Å². The number of hydrogen-bond acceptors (Lipinski definition) is 4. The molecule has 1 atom stereocenters. The third-order valence-electron chi connectivity index (χ3n) is 5.06. The summed E-state index contributed by atoms with van der Waals surface area (Å²) in [4.78, 5) is 27.3. The summed E-state index contributed by atoms with van der Waals surface area (Å²) in [7, 11) is 0. The standard InChI is InChI=1S/C24H32N2O3/c1-7-26(8-2)20-14-12-19(13-15-20)24(28)29-18(6)23(27)25-22-17(5)10-9-11-21(22)16(3)4/h9-16,18H,7-8H2,1-6H3,(H,25,27)/t18-/m1/s1. The molecule has 0 aliphatic heterocycles. The molecule has 5 heteroatoms. The van der Waals surface area contributed by atoms with Crippen molar-refractivity contribution in [2.75, 3.05) is 23.3 Å². The number of benzene rings is 2. The van der Waals surface area contributed by atoms with E-state index in [9.17, 15) is 9.59 Å². The number of aryl methyl sites for hydroxylation is 1. The Hall–Kier alpha value is -2.82. The molecule has 1 amide bonds. The van der Waals surface area contributed by atoms with Crippen LogP contribution < -0.4 is 10.2 Å². The van der Waals surface area contributed by atoms with Crippen LogP contribution in [0.2, 0.25) is 0 Å². The molecule has 2 rings (SSSR count). The lowest BCUT2D eigenvalue weighted by Gasteiger charge is -2.21. The van der Waals surface area contributed by atoms with E-state index in [-0.39, 0.29) is 11.8 Å². The van der Waals surface area contributed by atoms with Gasteiger partial charge in [-0.3, -0.25) is 4.79 Å². The minimum absolute atomic E-state index is 0.271. The van der Waals surface area contributed by atoms with Crippen LogP contribution in [0.4, 0.5) is 11.4 Å². The number of nitrogens with zero attached hydrogens (tertiary/aromatic N) is 1. The van der Waals surface area contributed by atoms with Crippen molar-refractivity contribution in [3.8, 4) is 0 Å². The van der Waals surface area contributed by atoms with Crippen molar-refractivity contribution < 1.29 is 14.3 Å². The van der Waals surface area contributed by atoms with Gasteiger partial charge in [-0.1, -0.05) is 32.0 Å². The van der Waals surface area contributed by atoms with Gasteiger partial charge in [-0.2, -0.15) is 0 Å². The number of carbonyl (C=O) groups excluding carboxylic acids is 2. The van der Waals surface area contributed by atoms with Crippen molar-refractivity contribution in [2.45, 2.75) is 53.6 Å². The predicted octanol–water partition coefficient (Wildman–Crippen LogP) is 5.15. The molecule has 2 aromatic rings. The van der Waals surface area contributed by atoms with Gasteiger partial charge < -0.3 is 15.0 Å². The van der Waals surface area contributed by atoms with Gasteiger partial charge in [-0.25, -0.2) is 4.79 Å². The summed E-state index contributed by atoms with van der Waals surface area (Å²) < 4.78 is 5.40. The zero-order chi connectivity index (χ0) is 21.6. The number of rotatable bonds is 8. The monoisotopic (exact) mass is 396 g/mol.